The first-order chi connectivity index (χ1) is 7.25. The first-order valence-corrected chi connectivity index (χ1v) is 5.34. The van der Waals surface area contributed by atoms with E-state index >= 15 is 0 Å². The maximum Gasteiger partial charge on any atom is 0.329 e. The molecule has 0 bridgehead atoms. The monoisotopic (exact) mass is 222 g/mol. The molecule has 2 aromatic rings. The minimum atomic E-state index is -0.934. The molecule has 0 radical (unpaired) electrons. The van der Waals surface area contributed by atoms with Crippen molar-refractivity contribution in [3.05, 3.63) is 35.2 Å². The Balaban J connectivity index is 2.05. The highest BCUT2D eigenvalue weighted by Crippen LogP contribution is 2.25. The van der Waals surface area contributed by atoms with Gasteiger partial charge in [-0.3, -0.25) is 0 Å². The van der Waals surface area contributed by atoms with Gasteiger partial charge in [-0.2, -0.15) is 0 Å². The van der Waals surface area contributed by atoms with Crippen LogP contribution in [-0.4, -0.2) is 17.7 Å². The highest BCUT2D eigenvalue weighted by Gasteiger charge is 2.02. The summed E-state index contributed by atoms with van der Waals surface area (Å²) in [4.78, 5) is 11.3. The van der Waals surface area contributed by atoms with Crippen molar-refractivity contribution in [1.29, 1.82) is 0 Å². The van der Waals surface area contributed by atoms with Gasteiger partial charge in [0.15, 0.2) is 0 Å². The highest BCUT2D eigenvalue weighted by molar-refractivity contribution is 7.19. The van der Waals surface area contributed by atoms with E-state index < -0.39 is 5.97 Å². The molecule has 0 saturated carbocycles. The molecular weight excluding hydrogens is 212 g/mol. The van der Waals surface area contributed by atoms with Crippen LogP contribution in [0.4, 0.5) is 0 Å². The van der Waals surface area contributed by atoms with Crippen molar-refractivity contribution in [3.63, 3.8) is 0 Å². The molecule has 1 aromatic heterocycles. The zero-order chi connectivity index (χ0) is 10.7. The van der Waals surface area contributed by atoms with Crippen molar-refractivity contribution in [2.75, 3.05) is 6.61 Å². The third-order valence-electron chi connectivity index (χ3n) is 1.95. The van der Waals surface area contributed by atoms with Gasteiger partial charge in [0.05, 0.1) is 6.61 Å². The van der Waals surface area contributed by atoms with Crippen molar-refractivity contribution in [2.45, 2.75) is 6.61 Å². The molecule has 15 heavy (non-hydrogen) atoms. The minimum Gasteiger partial charge on any atom is -0.480 e. The number of carboxylic acids is 1. The number of benzene rings is 1. The number of fused-ring (bicyclic) bond motifs is 1. The Morgan fingerprint density at radius 1 is 1.40 bits per heavy atom. The minimum absolute atomic E-state index is 0.242. The van der Waals surface area contributed by atoms with Gasteiger partial charge in [-0.25, -0.2) is 4.79 Å². The Morgan fingerprint density at radius 2 is 2.20 bits per heavy atom. The molecular formula is C11H10O3S. The smallest absolute Gasteiger partial charge is 0.329 e. The van der Waals surface area contributed by atoms with E-state index in [-0.39, 0.29) is 6.61 Å². The van der Waals surface area contributed by atoms with Gasteiger partial charge >= 0.3 is 5.97 Å². The normalized spacial score (nSPS) is 10.7. The Kier molecular flexibility index (Phi) is 2.99. The van der Waals surface area contributed by atoms with Gasteiger partial charge in [-0.15, -0.1) is 11.3 Å². The van der Waals surface area contributed by atoms with Gasteiger partial charge in [0.1, 0.15) is 6.61 Å². The zero-order valence-electron chi connectivity index (χ0n) is 7.97. The number of carbonyl (C=O) groups is 1. The van der Waals surface area contributed by atoms with Crippen LogP contribution in [0.2, 0.25) is 0 Å². The van der Waals surface area contributed by atoms with Crippen LogP contribution in [0.3, 0.4) is 0 Å². The summed E-state index contributed by atoms with van der Waals surface area (Å²) in [5, 5.41) is 9.59. The molecule has 3 nitrogen and oxygen atoms in total. The van der Waals surface area contributed by atoms with Gasteiger partial charge < -0.3 is 9.84 Å². The lowest BCUT2D eigenvalue weighted by molar-refractivity contribution is -0.142. The Labute approximate surface area is 90.9 Å². The lowest BCUT2D eigenvalue weighted by Crippen LogP contribution is -2.05. The van der Waals surface area contributed by atoms with Crippen LogP contribution in [-0.2, 0) is 16.1 Å². The maximum atomic E-state index is 10.2. The topological polar surface area (TPSA) is 46.5 Å². The van der Waals surface area contributed by atoms with E-state index in [2.05, 4.69) is 0 Å². The molecule has 4 heteroatoms. The highest BCUT2D eigenvalue weighted by atomic mass is 32.1. The molecule has 0 unspecified atom stereocenters. The summed E-state index contributed by atoms with van der Waals surface area (Å²) in [5.41, 5.74) is 0. The van der Waals surface area contributed by atoms with Crippen LogP contribution in [0.15, 0.2) is 30.3 Å². The summed E-state index contributed by atoms with van der Waals surface area (Å²) in [6, 6.07) is 10.1. The van der Waals surface area contributed by atoms with Gasteiger partial charge in [0, 0.05) is 9.58 Å². The van der Waals surface area contributed by atoms with E-state index in [1.807, 2.05) is 30.3 Å². The number of carboxylic acid groups (broad SMARTS) is 1. The molecule has 0 aliphatic heterocycles. The van der Waals surface area contributed by atoms with Crippen molar-refractivity contribution < 1.29 is 14.6 Å². The Morgan fingerprint density at radius 3 is 2.93 bits per heavy atom. The average molecular weight is 222 g/mol. The van der Waals surface area contributed by atoms with Crippen molar-refractivity contribution in [1.82, 2.24) is 0 Å². The molecule has 78 valence electrons. The molecule has 0 atom stereocenters. The fourth-order valence-electron chi connectivity index (χ4n) is 1.35. The molecule has 1 N–H and O–H groups in total. The van der Waals surface area contributed by atoms with Crippen molar-refractivity contribution >= 4 is 27.4 Å². The molecule has 1 aromatic carbocycles. The molecule has 0 aliphatic rings. The second-order valence-corrected chi connectivity index (χ2v) is 4.31. The Hall–Kier alpha value is -1.39. The predicted molar refractivity (Wildman–Crippen MR) is 59.1 cm³/mol. The second-order valence-electron chi connectivity index (χ2n) is 3.14. The largest absolute Gasteiger partial charge is 0.480 e. The summed E-state index contributed by atoms with van der Waals surface area (Å²) in [7, 11) is 0. The summed E-state index contributed by atoms with van der Waals surface area (Å²) < 4.78 is 6.22. The van der Waals surface area contributed by atoms with Crippen LogP contribution in [0, 0.1) is 0 Å². The molecule has 0 spiro atoms. The molecule has 2 rings (SSSR count). The maximum absolute atomic E-state index is 10.2. The van der Waals surface area contributed by atoms with Crippen molar-refractivity contribution in [3.8, 4) is 0 Å². The third kappa shape index (κ3) is 2.55. The van der Waals surface area contributed by atoms with E-state index in [1.54, 1.807) is 11.3 Å². The van der Waals surface area contributed by atoms with E-state index in [4.69, 9.17) is 9.84 Å². The lowest BCUT2D eigenvalue weighted by Gasteiger charge is -1.96. The van der Waals surface area contributed by atoms with Crippen LogP contribution < -0.4 is 0 Å². The first-order valence-electron chi connectivity index (χ1n) is 4.53. The van der Waals surface area contributed by atoms with Gasteiger partial charge in [-0.1, -0.05) is 18.2 Å². The standard InChI is InChI=1S/C11H10O3S/c12-11(13)7-14-6-9-5-8-3-1-2-4-10(8)15-9/h1-5H,6-7H2,(H,12,13). The van der Waals surface area contributed by atoms with Crippen LogP contribution >= 0.6 is 11.3 Å². The van der Waals surface area contributed by atoms with Crippen LogP contribution in [0.1, 0.15) is 4.88 Å². The number of rotatable bonds is 4. The number of aliphatic carboxylic acids is 1. The predicted octanol–water partition coefficient (Wildman–Crippen LogP) is 2.50. The summed E-state index contributed by atoms with van der Waals surface area (Å²) in [5.74, 6) is -0.934. The third-order valence-corrected chi connectivity index (χ3v) is 3.04. The van der Waals surface area contributed by atoms with Gasteiger partial charge in [0.25, 0.3) is 0 Å². The quantitative estimate of drug-likeness (QED) is 0.864. The van der Waals surface area contributed by atoms with E-state index in [1.165, 1.54) is 10.1 Å². The second kappa shape index (κ2) is 4.42. The molecule has 1 heterocycles. The van der Waals surface area contributed by atoms with Crippen LogP contribution in [0.5, 0.6) is 0 Å². The number of thiophene rings is 1. The fourth-order valence-corrected chi connectivity index (χ4v) is 2.35. The molecule has 0 aliphatic carbocycles. The number of hydrogen-bond acceptors (Lipinski definition) is 3. The molecule has 0 fully saturated rings. The lowest BCUT2D eigenvalue weighted by atomic mass is 10.2. The van der Waals surface area contributed by atoms with E-state index in [0.717, 1.165) is 4.88 Å². The average Bonchev–Trinajstić information content (AvgIpc) is 2.59. The summed E-state index contributed by atoms with van der Waals surface area (Å²) >= 11 is 1.63. The van der Waals surface area contributed by atoms with Crippen LogP contribution in [0.25, 0.3) is 10.1 Å². The zero-order valence-corrected chi connectivity index (χ0v) is 8.79. The molecule has 0 amide bonds. The van der Waals surface area contributed by atoms with E-state index in [0.29, 0.717) is 6.61 Å². The number of hydrogen-bond donors (Lipinski definition) is 1. The SMILES string of the molecule is O=C(O)COCc1cc2ccccc2s1. The van der Waals surface area contributed by atoms with Crippen molar-refractivity contribution in [2.24, 2.45) is 0 Å². The van der Waals surface area contributed by atoms with Gasteiger partial charge in [0.2, 0.25) is 0 Å². The van der Waals surface area contributed by atoms with E-state index in [9.17, 15) is 4.79 Å². The number of ether oxygens (including phenoxy) is 1. The summed E-state index contributed by atoms with van der Waals surface area (Å²) in [6.07, 6.45) is 0. The molecule has 0 saturated heterocycles. The fraction of sp³-hybridized carbons (Fsp3) is 0.182. The van der Waals surface area contributed by atoms with Gasteiger partial charge in [-0.05, 0) is 17.5 Å². The summed E-state index contributed by atoms with van der Waals surface area (Å²) in [6.45, 7) is 0.125. The Bertz CT molecular complexity index is 442. The first kappa shape index (κ1) is 10.1.